The first-order valence-electron chi connectivity index (χ1n) is 21.0. The first kappa shape index (κ1) is 36.9. The van der Waals surface area contributed by atoms with E-state index in [1.54, 1.807) is 0 Å². The summed E-state index contributed by atoms with van der Waals surface area (Å²) in [6, 6.07) is 44.2. The Kier molecular flexibility index (Phi) is 9.72. The number of ether oxygens (including phenoxy) is 1. The molecule has 3 aliphatic rings. The summed E-state index contributed by atoms with van der Waals surface area (Å²) in [6.07, 6.45) is 12.9. The summed E-state index contributed by atoms with van der Waals surface area (Å²) in [6.45, 7) is 6.75. The molecule has 288 valence electrons. The molecule has 1 fully saturated rings. The summed E-state index contributed by atoms with van der Waals surface area (Å²) in [4.78, 5) is 20.8. The molecule has 0 saturated heterocycles. The summed E-state index contributed by atoms with van der Waals surface area (Å²) in [7, 11) is 2.09. The largest absolute Gasteiger partial charge is 0.459 e. The molecule has 2 heterocycles. The molecule has 1 saturated carbocycles. The fourth-order valence-corrected chi connectivity index (χ4v) is 9.83. The van der Waals surface area contributed by atoms with Crippen LogP contribution in [0.25, 0.3) is 33.0 Å². The minimum atomic E-state index is -0.777. The molecule has 2 aliphatic heterocycles. The van der Waals surface area contributed by atoms with E-state index in [-0.39, 0.29) is 11.3 Å². The fourth-order valence-electron chi connectivity index (χ4n) is 9.83. The molecule has 1 atom stereocenters. The van der Waals surface area contributed by atoms with Gasteiger partial charge in [-0.05, 0) is 127 Å². The summed E-state index contributed by atoms with van der Waals surface area (Å²) >= 11 is 0. The number of hydrogen-bond donors (Lipinski definition) is 1. The average molecular weight is 752 g/mol. The first-order chi connectivity index (χ1) is 27.8. The van der Waals surface area contributed by atoms with Gasteiger partial charge in [0.15, 0.2) is 0 Å². The fraction of sp³-hybridized carbons (Fsp3) is 0.308. The predicted octanol–water partition coefficient (Wildman–Crippen LogP) is 13.5. The number of nitrogens with one attached hydrogen (secondary N) is 1. The Bertz CT molecular complexity index is 2440. The van der Waals surface area contributed by atoms with E-state index in [1.807, 2.05) is 48.7 Å². The van der Waals surface area contributed by atoms with Crippen molar-refractivity contribution in [2.24, 2.45) is 10.9 Å². The molecule has 57 heavy (non-hydrogen) atoms. The number of anilines is 2. The normalized spacial score (nSPS) is 20.6. The lowest BCUT2D eigenvalue weighted by Gasteiger charge is -2.45. The van der Waals surface area contributed by atoms with Crippen molar-refractivity contribution >= 4 is 40.0 Å². The van der Waals surface area contributed by atoms with Crippen molar-refractivity contribution in [3.8, 4) is 28.0 Å². The second kappa shape index (κ2) is 15.0. The number of benzene rings is 6. The standard InChI is InChI=1S/C52H53N3O2/c1-5-6-7-12-35-17-19-36(20-18-35)37-21-23-38(24-22-37)39-29-31-42(32-30-39)54-50(56)41-27-25-40(26-28-41)45-33-48-49(44-14-9-8-13-43(44)45)53-34-52(57-48)51(2,3)46-15-10-11-16-47(46)55(52)4/h8-11,13-16,21-36H,5-7,12,17-20H2,1-4H3,(H,54,56). The molecule has 6 aromatic rings. The van der Waals surface area contributed by atoms with Gasteiger partial charge in [0.1, 0.15) is 11.4 Å². The lowest BCUT2D eigenvalue weighted by Crippen LogP contribution is -2.61. The van der Waals surface area contributed by atoms with Gasteiger partial charge in [0.05, 0.1) is 11.6 Å². The quantitative estimate of drug-likeness (QED) is 0.150. The van der Waals surface area contributed by atoms with Crippen molar-refractivity contribution in [1.82, 2.24) is 0 Å². The molecule has 6 aromatic carbocycles. The number of carbonyl (C=O) groups excluding carboxylic acids is 1. The van der Waals surface area contributed by atoms with Crippen LogP contribution < -0.4 is 15.0 Å². The summed E-state index contributed by atoms with van der Waals surface area (Å²) in [5, 5.41) is 5.22. The second-order valence-electron chi connectivity index (χ2n) is 17.0. The lowest BCUT2D eigenvalue weighted by atomic mass is 9.77. The summed E-state index contributed by atoms with van der Waals surface area (Å²) < 4.78 is 7.08. The van der Waals surface area contributed by atoms with Gasteiger partial charge in [-0.1, -0.05) is 124 Å². The van der Waals surface area contributed by atoms with Crippen molar-refractivity contribution in [3.05, 3.63) is 144 Å². The molecule has 1 amide bonds. The highest BCUT2D eigenvalue weighted by Crippen LogP contribution is 2.55. The maximum Gasteiger partial charge on any atom is 0.255 e. The van der Waals surface area contributed by atoms with Crippen molar-refractivity contribution < 1.29 is 9.53 Å². The van der Waals surface area contributed by atoms with Crippen LogP contribution in [0.1, 0.15) is 99.5 Å². The third-order valence-electron chi connectivity index (χ3n) is 13.3. The highest BCUT2D eigenvalue weighted by molar-refractivity contribution is 6.08. The van der Waals surface area contributed by atoms with Gasteiger partial charge < -0.3 is 15.0 Å². The number of para-hydroxylation sites is 1. The minimum Gasteiger partial charge on any atom is -0.459 e. The Morgan fingerprint density at radius 3 is 2.12 bits per heavy atom. The van der Waals surface area contributed by atoms with Crippen LogP contribution in [0.15, 0.2) is 132 Å². The van der Waals surface area contributed by atoms with Crippen LogP contribution in [0, 0.1) is 5.92 Å². The number of hydrogen-bond acceptors (Lipinski definition) is 4. The third-order valence-corrected chi connectivity index (χ3v) is 13.3. The predicted molar refractivity (Wildman–Crippen MR) is 237 cm³/mol. The monoisotopic (exact) mass is 751 g/mol. The van der Waals surface area contributed by atoms with Crippen molar-refractivity contribution in [1.29, 1.82) is 0 Å². The van der Waals surface area contributed by atoms with Gasteiger partial charge >= 0.3 is 0 Å². The molecule has 0 aromatic heterocycles. The van der Waals surface area contributed by atoms with Gasteiger partial charge in [-0.3, -0.25) is 9.79 Å². The molecular formula is C52H53N3O2. The highest BCUT2D eigenvalue weighted by Gasteiger charge is 2.58. The summed E-state index contributed by atoms with van der Waals surface area (Å²) in [5.74, 6) is 2.22. The number of aliphatic imine (C=N–C) groups is 1. The molecular weight excluding hydrogens is 699 g/mol. The Labute approximate surface area is 337 Å². The molecule has 5 heteroatoms. The second-order valence-corrected chi connectivity index (χ2v) is 17.0. The lowest BCUT2D eigenvalue weighted by molar-refractivity contribution is 0.0827. The van der Waals surface area contributed by atoms with Crippen LogP contribution in [0.5, 0.6) is 5.75 Å². The number of likely N-dealkylation sites (N-methyl/N-ethyl adjacent to an activating group) is 1. The number of fused-ring (bicyclic) bond motifs is 4. The van der Waals surface area contributed by atoms with Crippen molar-refractivity contribution in [3.63, 3.8) is 0 Å². The number of amides is 1. The van der Waals surface area contributed by atoms with E-state index in [2.05, 4.69) is 123 Å². The van der Waals surface area contributed by atoms with Crippen LogP contribution in [-0.4, -0.2) is 24.9 Å². The third kappa shape index (κ3) is 6.61. The van der Waals surface area contributed by atoms with E-state index in [4.69, 9.17) is 9.73 Å². The molecule has 1 aliphatic carbocycles. The molecule has 9 rings (SSSR count). The van der Waals surface area contributed by atoms with Gasteiger partial charge in [-0.15, -0.1) is 0 Å². The first-order valence-corrected chi connectivity index (χ1v) is 21.0. The Balaban J connectivity index is 0.885. The van der Waals surface area contributed by atoms with Crippen LogP contribution >= 0.6 is 0 Å². The topological polar surface area (TPSA) is 53.9 Å². The molecule has 0 radical (unpaired) electrons. The number of nitrogens with zero attached hydrogens (tertiary/aromatic N) is 2. The zero-order valence-corrected chi connectivity index (χ0v) is 33.7. The van der Waals surface area contributed by atoms with Gasteiger partial charge in [0.25, 0.3) is 5.91 Å². The minimum absolute atomic E-state index is 0.139. The van der Waals surface area contributed by atoms with Crippen molar-refractivity contribution in [2.75, 3.05) is 17.3 Å². The van der Waals surface area contributed by atoms with Crippen molar-refractivity contribution in [2.45, 2.75) is 89.2 Å². The van der Waals surface area contributed by atoms with E-state index in [9.17, 15) is 4.79 Å². The van der Waals surface area contributed by atoms with Gasteiger partial charge in [0.2, 0.25) is 5.72 Å². The van der Waals surface area contributed by atoms with Crippen LogP contribution in [0.2, 0.25) is 0 Å². The van der Waals surface area contributed by atoms with Crippen LogP contribution in [-0.2, 0) is 5.41 Å². The molecule has 1 N–H and O–H groups in total. The molecule has 5 nitrogen and oxygen atoms in total. The van der Waals surface area contributed by atoms with E-state index >= 15 is 0 Å². The Hall–Kier alpha value is -5.68. The maximum atomic E-state index is 13.5. The van der Waals surface area contributed by atoms with Gasteiger partial charge in [0, 0.05) is 29.4 Å². The van der Waals surface area contributed by atoms with E-state index in [1.165, 1.54) is 68.1 Å². The number of rotatable bonds is 9. The number of carbonyl (C=O) groups is 1. The zero-order chi connectivity index (χ0) is 39.1. The average Bonchev–Trinajstić information content (AvgIpc) is 3.41. The van der Waals surface area contributed by atoms with Gasteiger partial charge in [-0.2, -0.15) is 0 Å². The SMILES string of the molecule is CCCCCC1CCC(c2ccc(-c3ccc(NC(=O)c4ccc(-c5cc6c(c7ccccc57)N=CC5(O6)N(C)c6ccccc6C5(C)C)cc4)cc3)cc2)CC1. The molecule has 1 unspecified atom stereocenters. The van der Waals surface area contributed by atoms with Crippen LogP contribution in [0.3, 0.4) is 0 Å². The summed E-state index contributed by atoms with van der Waals surface area (Å²) in [5.41, 5.74) is 9.33. The molecule has 0 bridgehead atoms. The smallest absolute Gasteiger partial charge is 0.255 e. The van der Waals surface area contributed by atoms with Crippen LogP contribution in [0.4, 0.5) is 17.1 Å². The Morgan fingerprint density at radius 1 is 0.772 bits per heavy atom. The maximum absolute atomic E-state index is 13.5. The number of unbranched alkanes of at least 4 members (excludes halogenated alkanes) is 2. The Morgan fingerprint density at radius 2 is 1.42 bits per heavy atom. The van der Waals surface area contributed by atoms with E-state index in [0.29, 0.717) is 11.5 Å². The van der Waals surface area contributed by atoms with Gasteiger partial charge in [-0.25, -0.2) is 0 Å². The molecule has 1 spiro atoms. The van der Waals surface area contributed by atoms with E-state index < -0.39 is 5.72 Å². The zero-order valence-electron chi connectivity index (χ0n) is 33.7. The van der Waals surface area contributed by atoms with E-state index in [0.717, 1.165) is 56.2 Å². The highest BCUT2D eigenvalue weighted by atomic mass is 16.5.